The molecule has 1 saturated heterocycles. The number of nitrogens with zero attached hydrogens (tertiary/aromatic N) is 2. The molecule has 1 aromatic heterocycles. The molecule has 0 unspecified atom stereocenters. The van der Waals surface area contributed by atoms with Crippen LogP contribution in [0.15, 0.2) is 5.38 Å². The summed E-state index contributed by atoms with van der Waals surface area (Å²) >= 11 is 1.62. The Morgan fingerprint density at radius 1 is 1.47 bits per heavy atom. The van der Waals surface area contributed by atoms with E-state index in [-0.39, 0.29) is 12.4 Å². The Bertz CT molecular complexity index is 372. The maximum atomic E-state index is 11.3. The summed E-state index contributed by atoms with van der Waals surface area (Å²) in [4.78, 5) is 18.1. The molecule has 0 radical (unpaired) electrons. The van der Waals surface area contributed by atoms with Gasteiger partial charge in [0, 0.05) is 18.5 Å². The Labute approximate surface area is 106 Å². The fraction of sp³-hybridized carbons (Fsp3) is 0.667. The van der Waals surface area contributed by atoms with Gasteiger partial charge in [-0.05, 0) is 26.2 Å². The number of hydrogen-bond acceptors (Lipinski definition) is 5. The number of piperidine rings is 1. The smallest absolute Gasteiger partial charge is 0.311 e. The molecule has 0 saturated carbocycles. The van der Waals surface area contributed by atoms with E-state index in [1.165, 1.54) is 19.3 Å². The second-order valence-electron chi connectivity index (χ2n) is 4.15. The predicted octanol–water partition coefficient (Wildman–Crippen LogP) is 2.24. The molecule has 0 N–H and O–H groups in total. The summed E-state index contributed by atoms with van der Waals surface area (Å²) in [5.41, 5.74) is 0.828. The summed E-state index contributed by atoms with van der Waals surface area (Å²) in [5.74, 6) is -0.192. The van der Waals surface area contributed by atoms with Crippen LogP contribution in [0.2, 0.25) is 0 Å². The van der Waals surface area contributed by atoms with Crippen molar-refractivity contribution in [2.45, 2.75) is 32.6 Å². The van der Waals surface area contributed by atoms with Gasteiger partial charge in [0.2, 0.25) is 0 Å². The largest absolute Gasteiger partial charge is 0.466 e. The van der Waals surface area contributed by atoms with Crippen molar-refractivity contribution in [3.63, 3.8) is 0 Å². The van der Waals surface area contributed by atoms with Gasteiger partial charge in [-0.2, -0.15) is 0 Å². The minimum Gasteiger partial charge on any atom is -0.466 e. The molecule has 94 valence electrons. The van der Waals surface area contributed by atoms with Crippen molar-refractivity contribution in [2.24, 2.45) is 0 Å². The lowest BCUT2D eigenvalue weighted by Gasteiger charge is -2.25. The third kappa shape index (κ3) is 3.43. The molecule has 0 amide bonds. The third-order valence-corrected chi connectivity index (χ3v) is 3.75. The van der Waals surface area contributed by atoms with Crippen molar-refractivity contribution in [3.05, 3.63) is 11.1 Å². The van der Waals surface area contributed by atoms with E-state index in [9.17, 15) is 4.79 Å². The van der Waals surface area contributed by atoms with Crippen molar-refractivity contribution < 1.29 is 9.53 Å². The summed E-state index contributed by atoms with van der Waals surface area (Å²) in [5, 5.41) is 3.00. The topological polar surface area (TPSA) is 42.4 Å². The van der Waals surface area contributed by atoms with Gasteiger partial charge in [-0.25, -0.2) is 4.98 Å². The molecule has 0 bridgehead atoms. The van der Waals surface area contributed by atoms with Gasteiger partial charge in [-0.1, -0.05) is 0 Å². The first kappa shape index (κ1) is 12.4. The normalized spacial score (nSPS) is 15.9. The SMILES string of the molecule is CCOC(=O)Cc1csc(N2CCCCC2)n1. The molecule has 1 aromatic rings. The zero-order valence-electron chi connectivity index (χ0n) is 10.1. The first-order valence-electron chi connectivity index (χ1n) is 6.14. The van der Waals surface area contributed by atoms with Gasteiger partial charge >= 0.3 is 5.97 Å². The second-order valence-corrected chi connectivity index (χ2v) is 4.99. The molecule has 1 aliphatic heterocycles. The van der Waals surface area contributed by atoms with Crippen LogP contribution in [0.25, 0.3) is 0 Å². The van der Waals surface area contributed by atoms with Gasteiger partial charge in [-0.15, -0.1) is 11.3 Å². The molecule has 5 heteroatoms. The van der Waals surface area contributed by atoms with Crippen LogP contribution in [0.4, 0.5) is 5.13 Å². The number of esters is 1. The lowest BCUT2D eigenvalue weighted by atomic mass is 10.1. The summed E-state index contributed by atoms with van der Waals surface area (Å²) in [6.07, 6.45) is 4.09. The monoisotopic (exact) mass is 254 g/mol. The van der Waals surface area contributed by atoms with Crippen molar-refractivity contribution in [2.75, 3.05) is 24.6 Å². The van der Waals surface area contributed by atoms with Crippen molar-refractivity contribution in [1.82, 2.24) is 4.98 Å². The first-order valence-corrected chi connectivity index (χ1v) is 7.02. The van der Waals surface area contributed by atoms with Crippen molar-refractivity contribution in [1.29, 1.82) is 0 Å². The number of ether oxygens (including phenoxy) is 1. The Morgan fingerprint density at radius 2 is 2.24 bits per heavy atom. The van der Waals surface area contributed by atoms with E-state index in [4.69, 9.17) is 4.74 Å². The minimum absolute atomic E-state index is 0.192. The van der Waals surface area contributed by atoms with Crippen LogP contribution in [0.5, 0.6) is 0 Å². The molecule has 1 fully saturated rings. The fourth-order valence-corrected chi connectivity index (χ4v) is 2.85. The van der Waals surface area contributed by atoms with E-state index in [2.05, 4.69) is 9.88 Å². The van der Waals surface area contributed by atoms with E-state index < -0.39 is 0 Å². The predicted molar refractivity (Wildman–Crippen MR) is 68.5 cm³/mol. The van der Waals surface area contributed by atoms with Crippen molar-refractivity contribution in [3.8, 4) is 0 Å². The average Bonchev–Trinajstić information content (AvgIpc) is 2.79. The van der Waals surface area contributed by atoms with Gasteiger partial charge in [0.05, 0.1) is 18.7 Å². The van der Waals surface area contributed by atoms with Crippen LogP contribution in [-0.4, -0.2) is 30.6 Å². The number of rotatable bonds is 4. The maximum Gasteiger partial charge on any atom is 0.311 e. The molecule has 0 aromatic carbocycles. The van der Waals surface area contributed by atoms with E-state index in [1.807, 2.05) is 12.3 Å². The highest BCUT2D eigenvalue weighted by Crippen LogP contribution is 2.24. The number of thiazole rings is 1. The highest BCUT2D eigenvalue weighted by atomic mass is 32.1. The zero-order valence-corrected chi connectivity index (χ0v) is 11.0. The van der Waals surface area contributed by atoms with Crippen LogP contribution < -0.4 is 4.90 Å². The van der Waals surface area contributed by atoms with E-state index in [0.29, 0.717) is 6.61 Å². The standard InChI is InChI=1S/C12H18N2O2S/c1-2-16-11(15)8-10-9-17-12(13-10)14-6-4-3-5-7-14/h9H,2-8H2,1H3. The summed E-state index contributed by atoms with van der Waals surface area (Å²) in [6.45, 7) is 4.43. The number of anilines is 1. The van der Waals surface area contributed by atoms with Crippen LogP contribution in [-0.2, 0) is 16.0 Å². The third-order valence-electron chi connectivity index (χ3n) is 2.80. The zero-order chi connectivity index (χ0) is 12.1. The van der Waals surface area contributed by atoms with Gasteiger partial charge < -0.3 is 9.64 Å². The minimum atomic E-state index is -0.192. The fourth-order valence-electron chi connectivity index (χ4n) is 1.97. The van der Waals surface area contributed by atoms with Gasteiger partial charge in [0.15, 0.2) is 5.13 Å². The molecular formula is C12H18N2O2S. The number of carbonyl (C=O) groups is 1. The molecule has 0 aliphatic carbocycles. The lowest BCUT2D eigenvalue weighted by molar-refractivity contribution is -0.142. The summed E-state index contributed by atoms with van der Waals surface area (Å²) in [6, 6.07) is 0. The van der Waals surface area contributed by atoms with Crippen molar-refractivity contribution >= 4 is 22.4 Å². The summed E-state index contributed by atoms with van der Waals surface area (Å²) in [7, 11) is 0. The van der Waals surface area contributed by atoms with Gasteiger partial charge in [-0.3, -0.25) is 4.79 Å². The maximum absolute atomic E-state index is 11.3. The Hall–Kier alpha value is -1.10. The Morgan fingerprint density at radius 3 is 2.94 bits per heavy atom. The van der Waals surface area contributed by atoms with Crippen LogP contribution >= 0.6 is 11.3 Å². The van der Waals surface area contributed by atoms with Gasteiger partial charge in [0.25, 0.3) is 0 Å². The quantitative estimate of drug-likeness (QED) is 0.773. The lowest BCUT2D eigenvalue weighted by Crippen LogP contribution is -2.29. The summed E-state index contributed by atoms with van der Waals surface area (Å²) < 4.78 is 4.91. The average molecular weight is 254 g/mol. The van der Waals surface area contributed by atoms with E-state index >= 15 is 0 Å². The molecular weight excluding hydrogens is 236 g/mol. The number of aromatic nitrogens is 1. The molecule has 1 aliphatic rings. The molecule has 2 rings (SSSR count). The van der Waals surface area contributed by atoms with Crippen LogP contribution in [0.1, 0.15) is 31.9 Å². The number of carbonyl (C=O) groups excluding carboxylic acids is 1. The molecule has 0 spiro atoms. The number of hydrogen-bond donors (Lipinski definition) is 0. The molecule has 2 heterocycles. The molecule has 4 nitrogen and oxygen atoms in total. The Balaban J connectivity index is 1.93. The molecule has 0 atom stereocenters. The second kappa shape index (κ2) is 6.00. The van der Waals surface area contributed by atoms with Crippen LogP contribution in [0.3, 0.4) is 0 Å². The first-order chi connectivity index (χ1) is 8.29. The van der Waals surface area contributed by atoms with E-state index in [0.717, 1.165) is 23.9 Å². The van der Waals surface area contributed by atoms with E-state index in [1.54, 1.807) is 11.3 Å². The highest BCUT2D eigenvalue weighted by Gasteiger charge is 2.15. The Kier molecular flexibility index (Phi) is 4.36. The highest BCUT2D eigenvalue weighted by molar-refractivity contribution is 7.13. The molecule has 17 heavy (non-hydrogen) atoms. The van der Waals surface area contributed by atoms with Gasteiger partial charge in [0.1, 0.15) is 0 Å². The van der Waals surface area contributed by atoms with Crippen LogP contribution in [0, 0.1) is 0 Å².